The molecular formula is C17H12BrNO2. The van der Waals surface area contributed by atoms with Crippen LogP contribution in [0.1, 0.15) is 33.5 Å². The van der Waals surface area contributed by atoms with Crippen LogP contribution in [-0.2, 0) is 0 Å². The number of aliphatic hydroxyl groups is 1. The average molecular weight is 342 g/mol. The van der Waals surface area contributed by atoms with E-state index in [9.17, 15) is 9.90 Å². The van der Waals surface area contributed by atoms with Crippen LogP contribution < -0.4 is 0 Å². The summed E-state index contributed by atoms with van der Waals surface area (Å²) in [5, 5.41) is 11.6. The molecule has 0 radical (unpaired) electrons. The average Bonchev–Trinajstić information content (AvgIpc) is 3.00. The highest BCUT2D eigenvalue weighted by atomic mass is 79.9. The Labute approximate surface area is 129 Å². The molecule has 4 rings (SSSR count). The van der Waals surface area contributed by atoms with E-state index in [1.165, 1.54) is 0 Å². The monoisotopic (exact) mass is 341 g/mol. The Bertz CT molecular complexity index is 868. The highest BCUT2D eigenvalue weighted by Crippen LogP contribution is 2.44. The third-order valence-corrected chi connectivity index (χ3v) is 4.65. The van der Waals surface area contributed by atoms with Gasteiger partial charge in [-0.05, 0) is 35.4 Å². The summed E-state index contributed by atoms with van der Waals surface area (Å²) >= 11 is 3.39. The van der Waals surface area contributed by atoms with Crippen molar-refractivity contribution in [3.8, 4) is 0 Å². The zero-order valence-electron chi connectivity index (χ0n) is 11.0. The molecule has 2 unspecified atom stereocenters. The second-order valence-electron chi connectivity index (χ2n) is 5.31. The van der Waals surface area contributed by atoms with E-state index >= 15 is 0 Å². The largest absolute Gasteiger partial charge is 0.387 e. The number of hydrogen-bond acceptors (Lipinski definition) is 2. The van der Waals surface area contributed by atoms with Gasteiger partial charge in [0, 0.05) is 27.1 Å². The molecule has 4 heteroatoms. The Morgan fingerprint density at radius 3 is 2.76 bits per heavy atom. The van der Waals surface area contributed by atoms with Gasteiger partial charge < -0.3 is 10.1 Å². The number of aromatic nitrogens is 1. The Morgan fingerprint density at radius 1 is 1.10 bits per heavy atom. The minimum absolute atomic E-state index is 0.0187. The van der Waals surface area contributed by atoms with Crippen LogP contribution in [0.2, 0.25) is 0 Å². The van der Waals surface area contributed by atoms with Gasteiger partial charge in [0.1, 0.15) is 0 Å². The molecule has 0 amide bonds. The first kappa shape index (κ1) is 12.8. The third kappa shape index (κ3) is 1.79. The zero-order chi connectivity index (χ0) is 14.6. The van der Waals surface area contributed by atoms with Crippen molar-refractivity contribution in [1.82, 2.24) is 4.98 Å². The van der Waals surface area contributed by atoms with Gasteiger partial charge in [0.25, 0.3) is 0 Å². The lowest BCUT2D eigenvalue weighted by molar-refractivity contribution is 0.0874. The first-order chi connectivity index (χ1) is 10.2. The van der Waals surface area contributed by atoms with E-state index in [-0.39, 0.29) is 5.78 Å². The molecule has 0 fully saturated rings. The van der Waals surface area contributed by atoms with Gasteiger partial charge in [-0.1, -0.05) is 34.1 Å². The predicted molar refractivity (Wildman–Crippen MR) is 84.5 cm³/mol. The Kier molecular flexibility index (Phi) is 2.77. The molecule has 0 saturated carbocycles. The van der Waals surface area contributed by atoms with Crippen LogP contribution in [-0.4, -0.2) is 15.9 Å². The summed E-state index contributed by atoms with van der Waals surface area (Å²) in [6, 6.07) is 13.3. The van der Waals surface area contributed by atoms with E-state index < -0.39 is 12.0 Å². The molecule has 2 aromatic carbocycles. The van der Waals surface area contributed by atoms with E-state index in [1.807, 2.05) is 42.6 Å². The Balaban J connectivity index is 1.89. The number of ketones is 1. The maximum absolute atomic E-state index is 12.7. The fourth-order valence-electron chi connectivity index (χ4n) is 3.16. The van der Waals surface area contributed by atoms with Crippen LogP contribution in [0.5, 0.6) is 0 Å². The van der Waals surface area contributed by atoms with E-state index in [0.29, 0.717) is 11.1 Å². The van der Waals surface area contributed by atoms with Crippen LogP contribution in [0.15, 0.2) is 53.1 Å². The Morgan fingerprint density at radius 2 is 1.90 bits per heavy atom. The molecule has 3 nitrogen and oxygen atoms in total. The van der Waals surface area contributed by atoms with Crippen molar-refractivity contribution >= 4 is 32.6 Å². The second-order valence-corrected chi connectivity index (χ2v) is 6.22. The third-order valence-electron chi connectivity index (χ3n) is 4.15. The van der Waals surface area contributed by atoms with Gasteiger partial charge >= 0.3 is 0 Å². The van der Waals surface area contributed by atoms with Gasteiger partial charge in [-0.15, -0.1) is 0 Å². The number of carbonyl (C=O) groups is 1. The Hall–Kier alpha value is -1.91. The number of aromatic amines is 1. The van der Waals surface area contributed by atoms with Crippen molar-refractivity contribution in [1.29, 1.82) is 0 Å². The number of aliphatic hydroxyl groups excluding tert-OH is 1. The number of halogens is 1. The fourth-order valence-corrected chi connectivity index (χ4v) is 3.53. The topological polar surface area (TPSA) is 53.1 Å². The first-order valence-electron chi connectivity index (χ1n) is 6.74. The minimum Gasteiger partial charge on any atom is -0.387 e. The summed E-state index contributed by atoms with van der Waals surface area (Å²) in [6.45, 7) is 0. The van der Waals surface area contributed by atoms with Gasteiger partial charge in [-0.3, -0.25) is 4.79 Å². The quantitative estimate of drug-likeness (QED) is 0.704. The lowest BCUT2D eigenvalue weighted by atomic mass is 9.93. The van der Waals surface area contributed by atoms with Crippen LogP contribution in [0.25, 0.3) is 10.9 Å². The highest BCUT2D eigenvalue weighted by Gasteiger charge is 2.40. The van der Waals surface area contributed by atoms with Crippen molar-refractivity contribution in [2.45, 2.75) is 12.0 Å². The van der Waals surface area contributed by atoms with Crippen LogP contribution in [0, 0.1) is 0 Å². The summed E-state index contributed by atoms with van der Waals surface area (Å²) in [7, 11) is 0. The molecular weight excluding hydrogens is 330 g/mol. The zero-order valence-corrected chi connectivity index (χ0v) is 12.6. The van der Waals surface area contributed by atoms with E-state index in [4.69, 9.17) is 0 Å². The van der Waals surface area contributed by atoms with Crippen LogP contribution in [0.3, 0.4) is 0 Å². The number of hydrogen-bond donors (Lipinski definition) is 2. The maximum atomic E-state index is 12.7. The molecule has 0 bridgehead atoms. The minimum atomic E-state index is -0.802. The van der Waals surface area contributed by atoms with Crippen molar-refractivity contribution in [3.63, 3.8) is 0 Å². The number of benzene rings is 2. The number of nitrogens with one attached hydrogen (secondary N) is 1. The lowest BCUT2D eigenvalue weighted by Crippen LogP contribution is -2.10. The lowest BCUT2D eigenvalue weighted by Gasteiger charge is -2.13. The van der Waals surface area contributed by atoms with E-state index in [0.717, 1.165) is 20.9 Å². The number of Topliss-reactive ketones (excluding diaryl/α,β-unsaturated/α-hetero) is 1. The number of rotatable bonds is 1. The number of H-pyrrole nitrogens is 1. The molecule has 2 atom stereocenters. The molecule has 0 spiro atoms. The first-order valence-corrected chi connectivity index (χ1v) is 7.54. The van der Waals surface area contributed by atoms with E-state index in [1.54, 1.807) is 6.07 Å². The standard InChI is InChI=1S/C17H12BrNO2/c18-9-5-6-11-12(7-9)17(21)15(16(11)20)13-8-19-14-4-2-1-3-10(13)14/h1-8,15,17,19,21H. The van der Waals surface area contributed by atoms with Crippen molar-refractivity contribution < 1.29 is 9.90 Å². The summed E-state index contributed by atoms with van der Waals surface area (Å²) in [6.07, 6.45) is 1.03. The molecule has 21 heavy (non-hydrogen) atoms. The van der Waals surface area contributed by atoms with Gasteiger partial charge in [0.05, 0.1) is 12.0 Å². The number of para-hydroxylation sites is 1. The summed E-state index contributed by atoms with van der Waals surface area (Å²) < 4.78 is 0.868. The van der Waals surface area contributed by atoms with Gasteiger partial charge in [-0.2, -0.15) is 0 Å². The summed E-state index contributed by atoms with van der Waals surface area (Å²) in [5.74, 6) is -0.555. The molecule has 1 aromatic heterocycles. The van der Waals surface area contributed by atoms with Gasteiger partial charge in [0.2, 0.25) is 0 Å². The van der Waals surface area contributed by atoms with Crippen LogP contribution in [0.4, 0.5) is 0 Å². The highest BCUT2D eigenvalue weighted by molar-refractivity contribution is 9.10. The molecule has 0 aliphatic heterocycles. The number of fused-ring (bicyclic) bond motifs is 2. The molecule has 1 aliphatic carbocycles. The molecule has 2 N–H and O–H groups in total. The molecule has 0 saturated heterocycles. The van der Waals surface area contributed by atoms with Crippen molar-refractivity contribution in [3.05, 3.63) is 69.8 Å². The predicted octanol–water partition coefficient (Wildman–Crippen LogP) is 3.94. The maximum Gasteiger partial charge on any atom is 0.173 e. The summed E-state index contributed by atoms with van der Waals surface area (Å²) in [4.78, 5) is 15.8. The summed E-state index contributed by atoms with van der Waals surface area (Å²) in [5.41, 5.74) is 3.14. The normalized spacial score (nSPS) is 21.0. The molecule has 1 aliphatic rings. The van der Waals surface area contributed by atoms with Crippen molar-refractivity contribution in [2.24, 2.45) is 0 Å². The van der Waals surface area contributed by atoms with Crippen LogP contribution >= 0.6 is 15.9 Å². The van der Waals surface area contributed by atoms with Gasteiger partial charge in [0.15, 0.2) is 5.78 Å². The molecule has 3 aromatic rings. The molecule has 104 valence electrons. The second kappa shape index (κ2) is 4.55. The fraction of sp³-hybridized carbons (Fsp3) is 0.118. The SMILES string of the molecule is O=C1c2ccc(Br)cc2C(O)C1c1c[nH]c2ccccc12. The number of carbonyl (C=O) groups excluding carboxylic acids is 1. The smallest absolute Gasteiger partial charge is 0.173 e. The van der Waals surface area contributed by atoms with Crippen molar-refractivity contribution in [2.75, 3.05) is 0 Å². The molecule has 1 heterocycles. The van der Waals surface area contributed by atoms with E-state index in [2.05, 4.69) is 20.9 Å². The van der Waals surface area contributed by atoms with Gasteiger partial charge in [-0.25, -0.2) is 0 Å².